The molecule has 1 aromatic rings. The largest absolute Gasteiger partial charge is 0.491 e. The van der Waals surface area contributed by atoms with Gasteiger partial charge in [0.05, 0.1) is 44.7 Å². The van der Waals surface area contributed by atoms with E-state index in [1.54, 1.807) is 20.8 Å². The van der Waals surface area contributed by atoms with Crippen LogP contribution in [0.15, 0.2) is 18.2 Å². The predicted molar refractivity (Wildman–Crippen MR) is 96.0 cm³/mol. The van der Waals surface area contributed by atoms with Crippen LogP contribution < -0.4 is 4.74 Å². The van der Waals surface area contributed by atoms with Crippen LogP contribution in [0.1, 0.15) is 31.9 Å². The van der Waals surface area contributed by atoms with Crippen molar-refractivity contribution in [2.75, 3.05) is 33.0 Å². The van der Waals surface area contributed by atoms with E-state index in [1.807, 2.05) is 12.1 Å². The topological polar surface area (TPSA) is 88.4 Å². The highest BCUT2D eigenvalue weighted by molar-refractivity contribution is 5.35. The molecule has 3 unspecified atom stereocenters. The molecule has 6 heteroatoms. The van der Waals surface area contributed by atoms with E-state index in [0.717, 1.165) is 11.1 Å². The zero-order chi connectivity index (χ0) is 18.7. The first-order valence-electron chi connectivity index (χ1n) is 8.82. The third-order valence-electron chi connectivity index (χ3n) is 3.31. The van der Waals surface area contributed by atoms with Crippen LogP contribution >= 0.6 is 0 Å². The third-order valence-corrected chi connectivity index (χ3v) is 3.31. The Labute approximate surface area is 150 Å². The maximum atomic E-state index is 9.39. The van der Waals surface area contributed by atoms with Gasteiger partial charge in [0.2, 0.25) is 0 Å². The van der Waals surface area contributed by atoms with Gasteiger partial charge in [0.1, 0.15) is 12.4 Å². The number of aliphatic hydroxyl groups excluding tert-OH is 3. The molecule has 0 aliphatic carbocycles. The van der Waals surface area contributed by atoms with Crippen molar-refractivity contribution in [3.8, 4) is 5.75 Å². The predicted octanol–water partition coefficient (Wildman–Crippen LogP) is 1.33. The van der Waals surface area contributed by atoms with Gasteiger partial charge in [-0.05, 0) is 56.9 Å². The smallest absolute Gasteiger partial charge is 0.119 e. The second-order valence-corrected chi connectivity index (χ2v) is 6.49. The van der Waals surface area contributed by atoms with E-state index >= 15 is 0 Å². The SMILES string of the molecule is CC(O)COCCc1cc(CCOCC(C)O)cc(OCC(C)O)c1. The molecular weight excluding hydrogens is 324 g/mol. The number of ether oxygens (including phenoxy) is 3. The molecule has 6 nitrogen and oxygen atoms in total. The Morgan fingerprint density at radius 1 is 0.720 bits per heavy atom. The maximum absolute atomic E-state index is 9.39. The summed E-state index contributed by atoms with van der Waals surface area (Å²) >= 11 is 0. The molecule has 0 amide bonds. The van der Waals surface area contributed by atoms with Crippen LogP contribution in [0, 0.1) is 0 Å². The van der Waals surface area contributed by atoms with E-state index in [0.29, 0.717) is 45.0 Å². The lowest BCUT2D eigenvalue weighted by Gasteiger charge is -2.13. The van der Waals surface area contributed by atoms with Gasteiger partial charge in [-0.3, -0.25) is 0 Å². The first kappa shape index (κ1) is 21.9. The van der Waals surface area contributed by atoms with Crippen molar-refractivity contribution in [1.29, 1.82) is 0 Å². The molecular formula is C19H32O6. The minimum absolute atomic E-state index is 0.236. The van der Waals surface area contributed by atoms with Gasteiger partial charge in [0.15, 0.2) is 0 Å². The molecule has 0 spiro atoms. The number of rotatable bonds is 13. The van der Waals surface area contributed by atoms with Crippen LogP contribution in [0.4, 0.5) is 0 Å². The standard InChI is InChI=1S/C19H32O6/c1-14(20)11-23-6-4-17-8-18(5-7-24-12-15(2)21)10-19(9-17)25-13-16(3)22/h8-10,14-16,20-22H,4-7,11-13H2,1-3H3. The molecule has 1 rings (SSSR count). The van der Waals surface area contributed by atoms with E-state index in [9.17, 15) is 15.3 Å². The molecule has 0 saturated heterocycles. The highest BCUT2D eigenvalue weighted by Gasteiger charge is 2.06. The summed E-state index contributed by atoms with van der Waals surface area (Å²) in [5.41, 5.74) is 2.14. The van der Waals surface area contributed by atoms with Gasteiger partial charge in [0, 0.05) is 0 Å². The molecule has 144 valence electrons. The van der Waals surface area contributed by atoms with E-state index in [4.69, 9.17) is 14.2 Å². The van der Waals surface area contributed by atoms with Gasteiger partial charge in [-0.2, -0.15) is 0 Å². The first-order valence-corrected chi connectivity index (χ1v) is 8.82. The summed E-state index contributed by atoms with van der Waals surface area (Å²) < 4.78 is 16.5. The van der Waals surface area contributed by atoms with Gasteiger partial charge in [-0.15, -0.1) is 0 Å². The Balaban J connectivity index is 2.62. The van der Waals surface area contributed by atoms with Gasteiger partial charge >= 0.3 is 0 Å². The Morgan fingerprint density at radius 2 is 1.16 bits per heavy atom. The Kier molecular flexibility index (Phi) is 10.7. The minimum atomic E-state index is -0.532. The lowest BCUT2D eigenvalue weighted by atomic mass is 10.1. The number of hydrogen-bond acceptors (Lipinski definition) is 6. The zero-order valence-electron chi connectivity index (χ0n) is 15.5. The molecule has 0 bridgehead atoms. The van der Waals surface area contributed by atoms with E-state index in [-0.39, 0.29) is 6.61 Å². The summed E-state index contributed by atoms with van der Waals surface area (Å²) in [6, 6.07) is 5.95. The lowest BCUT2D eigenvalue weighted by molar-refractivity contribution is 0.0473. The molecule has 0 aliphatic heterocycles. The Hall–Kier alpha value is -1.18. The fourth-order valence-corrected chi connectivity index (χ4v) is 2.21. The highest BCUT2D eigenvalue weighted by atomic mass is 16.5. The van der Waals surface area contributed by atoms with Gasteiger partial charge in [-0.1, -0.05) is 6.07 Å². The van der Waals surface area contributed by atoms with Crippen molar-refractivity contribution in [3.63, 3.8) is 0 Å². The second-order valence-electron chi connectivity index (χ2n) is 6.49. The fraction of sp³-hybridized carbons (Fsp3) is 0.684. The molecule has 25 heavy (non-hydrogen) atoms. The molecule has 0 saturated carbocycles. The van der Waals surface area contributed by atoms with Gasteiger partial charge in [0.25, 0.3) is 0 Å². The highest BCUT2D eigenvalue weighted by Crippen LogP contribution is 2.19. The van der Waals surface area contributed by atoms with Gasteiger partial charge in [-0.25, -0.2) is 0 Å². The normalized spacial score (nSPS) is 15.0. The van der Waals surface area contributed by atoms with Crippen LogP contribution in [0.2, 0.25) is 0 Å². The van der Waals surface area contributed by atoms with Crippen molar-refractivity contribution in [2.24, 2.45) is 0 Å². The van der Waals surface area contributed by atoms with Crippen LogP contribution in [0.3, 0.4) is 0 Å². The third kappa shape index (κ3) is 11.1. The molecule has 0 heterocycles. The summed E-state index contributed by atoms with van der Waals surface area (Å²) in [7, 11) is 0. The molecule has 3 N–H and O–H groups in total. The average molecular weight is 356 g/mol. The van der Waals surface area contributed by atoms with Crippen molar-refractivity contribution in [2.45, 2.75) is 51.9 Å². The number of hydrogen-bond donors (Lipinski definition) is 3. The van der Waals surface area contributed by atoms with Crippen molar-refractivity contribution in [1.82, 2.24) is 0 Å². The molecule has 3 atom stereocenters. The van der Waals surface area contributed by atoms with Crippen molar-refractivity contribution in [3.05, 3.63) is 29.3 Å². The molecule has 0 aromatic heterocycles. The van der Waals surface area contributed by atoms with E-state index in [1.165, 1.54) is 0 Å². The summed E-state index contributed by atoms with van der Waals surface area (Å²) in [5.74, 6) is 0.708. The zero-order valence-corrected chi connectivity index (χ0v) is 15.5. The van der Waals surface area contributed by atoms with E-state index < -0.39 is 18.3 Å². The first-order chi connectivity index (χ1) is 11.9. The Morgan fingerprint density at radius 3 is 1.56 bits per heavy atom. The van der Waals surface area contributed by atoms with Gasteiger partial charge < -0.3 is 29.5 Å². The summed E-state index contributed by atoms with van der Waals surface area (Å²) in [6.07, 6.45) is -0.0548. The molecule has 0 fully saturated rings. The summed E-state index contributed by atoms with van der Waals surface area (Å²) in [5, 5.41) is 27.8. The Bertz CT molecular complexity index is 439. The average Bonchev–Trinajstić information content (AvgIpc) is 2.53. The van der Waals surface area contributed by atoms with Crippen LogP contribution in [-0.2, 0) is 22.3 Å². The van der Waals surface area contributed by atoms with E-state index in [2.05, 4.69) is 6.07 Å². The molecule has 1 aromatic carbocycles. The monoisotopic (exact) mass is 356 g/mol. The minimum Gasteiger partial charge on any atom is -0.491 e. The lowest BCUT2D eigenvalue weighted by Crippen LogP contribution is -2.14. The van der Waals surface area contributed by atoms with Crippen LogP contribution in [0.25, 0.3) is 0 Å². The van der Waals surface area contributed by atoms with Crippen molar-refractivity contribution < 1.29 is 29.5 Å². The summed E-state index contributed by atoms with van der Waals surface area (Å²) in [6.45, 7) is 6.96. The number of benzene rings is 1. The van der Waals surface area contributed by atoms with Crippen molar-refractivity contribution >= 4 is 0 Å². The fourth-order valence-electron chi connectivity index (χ4n) is 2.21. The van der Waals surface area contributed by atoms with Crippen LogP contribution in [-0.4, -0.2) is 66.7 Å². The molecule has 0 radical (unpaired) electrons. The quantitative estimate of drug-likeness (QED) is 0.462. The van der Waals surface area contributed by atoms with Crippen LogP contribution in [0.5, 0.6) is 5.75 Å². The number of aliphatic hydroxyl groups is 3. The second kappa shape index (κ2) is 12.2. The molecule has 0 aliphatic rings. The maximum Gasteiger partial charge on any atom is 0.119 e. The summed E-state index contributed by atoms with van der Waals surface area (Å²) in [4.78, 5) is 0.